The Kier molecular flexibility index (Phi) is 8.30. The summed E-state index contributed by atoms with van der Waals surface area (Å²) in [7, 11) is 0. The van der Waals surface area contributed by atoms with Crippen molar-refractivity contribution in [2.45, 2.75) is 32.7 Å². The van der Waals surface area contributed by atoms with E-state index >= 15 is 0 Å². The van der Waals surface area contributed by atoms with Gasteiger partial charge < -0.3 is 0 Å². The summed E-state index contributed by atoms with van der Waals surface area (Å²) >= 11 is 4.33. The van der Waals surface area contributed by atoms with Gasteiger partial charge in [-0.1, -0.05) is 71.7 Å². The van der Waals surface area contributed by atoms with E-state index in [0.29, 0.717) is 32.7 Å². The maximum Gasteiger partial charge on any atom is 0.192 e. The second-order valence-corrected chi connectivity index (χ2v) is 9.76. The summed E-state index contributed by atoms with van der Waals surface area (Å²) in [6.45, 7) is 0. The summed E-state index contributed by atoms with van der Waals surface area (Å²) in [5.41, 5.74) is 2.88. The first-order valence-corrected chi connectivity index (χ1v) is 12.9. The Bertz CT molecular complexity index is 1030. The zero-order valence-corrected chi connectivity index (χ0v) is 19.7. The molecule has 33 heavy (non-hydrogen) atoms. The molecule has 1 heterocycles. The fourth-order valence-electron chi connectivity index (χ4n) is 2.70. The van der Waals surface area contributed by atoms with Gasteiger partial charge in [0.1, 0.15) is 17.5 Å². The van der Waals surface area contributed by atoms with Gasteiger partial charge in [0.05, 0.1) is 0 Å². The van der Waals surface area contributed by atoms with E-state index in [1.807, 2.05) is 0 Å². The van der Waals surface area contributed by atoms with Crippen LogP contribution in [0, 0.1) is 17.5 Å². The van der Waals surface area contributed by atoms with Crippen molar-refractivity contribution in [3.63, 3.8) is 0 Å². The Morgan fingerprint density at radius 1 is 0.424 bits per heavy atom. The third-order valence-electron chi connectivity index (χ3n) is 4.42. The third kappa shape index (κ3) is 7.52. The zero-order valence-electron chi connectivity index (χ0n) is 17.2. The molecule has 0 saturated carbocycles. The minimum atomic E-state index is -0.275. The minimum absolute atomic E-state index is 0.275. The van der Waals surface area contributed by atoms with Crippen molar-refractivity contribution >= 4 is 35.3 Å². The quantitative estimate of drug-likeness (QED) is 0.227. The number of hydrogen-bond donors (Lipinski definition) is 0. The molecule has 0 aliphatic heterocycles. The van der Waals surface area contributed by atoms with Crippen LogP contribution in [0.4, 0.5) is 13.2 Å². The van der Waals surface area contributed by atoms with Gasteiger partial charge in [-0.2, -0.15) is 15.0 Å². The molecular formula is C24H18F3N3S3. The largest absolute Gasteiger partial charge is 0.207 e. The summed E-state index contributed by atoms with van der Waals surface area (Å²) in [5.74, 6) is 0.950. The molecule has 0 fully saturated rings. The van der Waals surface area contributed by atoms with Crippen LogP contribution in [-0.4, -0.2) is 15.0 Å². The molecule has 0 N–H and O–H groups in total. The molecule has 0 spiro atoms. The van der Waals surface area contributed by atoms with Gasteiger partial charge in [-0.3, -0.25) is 0 Å². The summed E-state index contributed by atoms with van der Waals surface area (Å²) in [4.78, 5) is 13.7. The number of hydrogen-bond acceptors (Lipinski definition) is 6. The van der Waals surface area contributed by atoms with Crippen LogP contribution in [0.1, 0.15) is 16.7 Å². The highest BCUT2D eigenvalue weighted by atomic mass is 32.2. The highest BCUT2D eigenvalue weighted by Gasteiger charge is 2.10. The van der Waals surface area contributed by atoms with Crippen LogP contribution in [0.25, 0.3) is 0 Å². The molecule has 9 heteroatoms. The van der Waals surface area contributed by atoms with Crippen LogP contribution < -0.4 is 0 Å². The highest BCUT2D eigenvalue weighted by molar-refractivity contribution is 7.99. The molecule has 168 valence electrons. The zero-order chi connectivity index (χ0) is 23.0. The Hall–Kier alpha value is -2.49. The van der Waals surface area contributed by atoms with Gasteiger partial charge in [0.25, 0.3) is 0 Å². The average Bonchev–Trinajstić information content (AvgIpc) is 2.83. The summed E-state index contributed by atoms with van der Waals surface area (Å²) in [5, 5.41) is 1.70. The van der Waals surface area contributed by atoms with E-state index in [9.17, 15) is 13.2 Å². The first kappa shape index (κ1) is 23.7. The van der Waals surface area contributed by atoms with Crippen molar-refractivity contribution in [1.29, 1.82) is 0 Å². The van der Waals surface area contributed by atoms with Crippen molar-refractivity contribution in [2.24, 2.45) is 0 Å². The van der Waals surface area contributed by atoms with E-state index in [1.54, 1.807) is 36.4 Å². The molecule has 0 atom stereocenters. The number of halogens is 3. The predicted octanol–water partition coefficient (Wildman–Crippen LogP) is 7.17. The lowest BCUT2D eigenvalue weighted by Crippen LogP contribution is -1.98. The molecule has 0 aliphatic rings. The van der Waals surface area contributed by atoms with Gasteiger partial charge in [-0.05, 0) is 53.1 Å². The van der Waals surface area contributed by atoms with Crippen LogP contribution in [0.2, 0.25) is 0 Å². The van der Waals surface area contributed by atoms with E-state index in [2.05, 4.69) is 15.0 Å². The average molecular weight is 502 g/mol. The molecular weight excluding hydrogens is 483 g/mol. The fourth-order valence-corrected chi connectivity index (χ4v) is 5.24. The second-order valence-electron chi connectivity index (χ2n) is 6.93. The van der Waals surface area contributed by atoms with E-state index in [4.69, 9.17) is 0 Å². The van der Waals surface area contributed by atoms with E-state index in [1.165, 1.54) is 71.7 Å². The molecule has 0 amide bonds. The topological polar surface area (TPSA) is 38.7 Å². The van der Waals surface area contributed by atoms with Crippen molar-refractivity contribution < 1.29 is 13.2 Å². The number of nitrogens with zero attached hydrogens (tertiary/aromatic N) is 3. The maximum absolute atomic E-state index is 13.2. The van der Waals surface area contributed by atoms with Crippen molar-refractivity contribution in [1.82, 2.24) is 15.0 Å². The third-order valence-corrected chi connectivity index (χ3v) is 7.17. The number of benzene rings is 3. The second kappa shape index (κ2) is 11.6. The van der Waals surface area contributed by atoms with Crippen molar-refractivity contribution in [3.8, 4) is 0 Å². The van der Waals surface area contributed by atoms with E-state index in [0.717, 1.165) is 16.7 Å². The Labute approximate surface area is 202 Å². The molecule has 0 bridgehead atoms. The molecule has 0 radical (unpaired) electrons. The van der Waals surface area contributed by atoms with Gasteiger partial charge >= 0.3 is 0 Å². The summed E-state index contributed by atoms with van der Waals surface area (Å²) in [6, 6.07) is 19.0. The van der Waals surface area contributed by atoms with Crippen LogP contribution in [0.5, 0.6) is 0 Å². The molecule has 3 nitrogen and oxygen atoms in total. The highest BCUT2D eigenvalue weighted by Crippen LogP contribution is 2.28. The SMILES string of the molecule is Fc1ccc(CSc2nc(SCc3ccc(F)cc3)nc(SCc3ccc(F)cc3)n2)cc1. The van der Waals surface area contributed by atoms with Crippen LogP contribution in [-0.2, 0) is 17.3 Å². The first-order chi connectivity index (χ1) is 16.0. The lowest BCUT2D eigenvalue weighted by Gasteiger charge is -2.07. The molecule has 3 aromatic carbocycles. The molecule has 0 saturated heterocycles. The van der Waals surface area contributed by atoms with E-state index < -0.39 is 0 Å². The maximum atomic E-state index is 13.2. The lowest BCUT2D eigenvalue weighted by molar-refractivity contribution is 0.627. The Morgan fingerprint density at radius 3 is 0.909 bits per heavy atom. The molecule has 1 aromatic heterocycles. The van der Waals surface area contributed by atoms with Crippen LogP contribution >= 0.6 is 35.3 Å². The summed E-state index contributed by atoms with van der Waals surface area (Å²) in [6.07, 6.45) is 0. The van der Waals surface area contributed by atoms with Crippen molar-refractivity contribution in [2.75, 3.05) is 0 Å². The van der Waals surface area contributed by atoms with Gasteiger partial charge in [0.15, 0.2) is 15.5 Å². The van der Waals surface area contributed by atoms with Crippen molar-refractivity contribution in [3.05, 3.63) is 107 Å². The van der Waals surface area contributed by atoms with Gasteiger partial charge in [0, 0.05) is 17.3 Å². The Balaban J connectivity index is 1.48. The summed E-state index contributed by atoms with van der Waals surface area (Å²) < 4.78 is 39.5. The minimum Gasteiger partial charge on any atom is -0.207 e. The number of aromatic nitrogens is 3. The van der Waals surface area contributed by atoms with Gasteiger partial charge in [-0.25, -0.2) is 13.2 Å². The fraction of sp³-hybridized carbons (Fsp3) is 0.125. The standard InChI is InChI=1S/C24H18F3N3S3/c25-19-7-1-16(2-8-19)13-31-22-28-23(32-14-17-3-9-20(26)10-4-17)30-24(29-22)33-15-18-5-11-21(27)12-6-18/h1-12H,13-15H2. The van der Waals surface area contributed by atoms with Gasteiger partial charge in [-0.15, -0.1) is 0 Å². The van der Waals surface area contributed by atoms with Crippen LogP contribution in [0.15, 0.2) is 88.3 Å². The molecule has 4 aromatic rings. The molecule has 0 aliphatic carbocycles. The van der Waals surface area contributed by atoms with Gasteiger partial charge in [0.2, 0.25) is 0 Å². The van der Waals surface area contributed by atoms with E-state index in [-0.39, 0.29) is 17.5 Å². The lowest BCUT2D eigenvalue weighted by atomic mass is 10.2. The number of thioether (sulfide) groups is 3. The monoisotopic (exact) mass is 501 g/mol. The number of rotatable bonds is 9. The molecule has 0 unspecified atom stereocenters. The smallest absolute Gasteiger partial charge is 0.192 e. The predicted molar refractivity (Wildman–Crippen MR) is 128 cm³/mol. The first-order valence-electron chi connectivity index (χ1n) is 9.91. The molecule has 4 rings (SSSR count). The Morgan fingerprint density at radius 2 is 0.667 bits per heavy atom. The normalized spacial score (nSPS) is 11.0. The van der Waals surface area contributed by atoms with Crippen LogP contribution in [0.3, 0.4) is 0 Å².